The van der Waals surface area contributed by atoms with Crippen LogP contribution in [-0.2, 0) is 17.9 Å². The first-order valence-electron chi connectivity index (χ1n) is 7.18. The molecular formula is C16H27N3O. The van der Waals surface area contributed by atoms with Gasteiger partial charge in [0.05, 0.1) is 6.54 Å². The van der Waals surface area contributed by atoms with E-state index < -0.39 is 0 Å². The van der Waals surface area contributed by atoms with Crippen molar-refractivity contribution in [3.05, 3.63) is 35.4 Å². The highest BCUT2D eigenvalue weighted by Gasteiger charge is 2.13. The molecule has 20 heavy (non-hydrogen) atoms. The number of carbonyl (C=O) groups excluding carboxylic acids is 1. The average molecular weight is 277 g/mol. The maximum atomic E-state index is 11.9. The lowest BCUT2D eigenvalue weighted by atomic mass is 10.1. The summed E-state index contributed by atoms with van der Waals surface area (Å²) in [6.45, 7) is 7.90. The summed E-state index contributed by atoms with van der Waals surface area (Å²) >= 11 is 0. The van der Waals surface area contributed by atoms with Crippen LogP contribution >= 0.6 is 0 Å². The van der Waals surface area contributed by atoms with E-state index in [0.29, 0.717) is 19.0 Å². The summed E-state index contributed by atoms with van der Waals surface area (Å²) in [7, 11) is 1.95. The monoisotopic (exact) mass is 277 g/mol. The second-order valence-electron chi connectivity index (χ2n) is 5.75. The third-order valence-corrected chi connectivity index (χ3v) is 3.58. The van der Waals surface area contributed by atoms with E-state index in [1.54, 1.807) is 0 Å². The molecular weight excluding hydrogens is 250 g/mol. The third-order valence-electron chi connectivity index (χ3n) is 3.58. The molecule has 0 aromatic heterocycles. The van der Waals surface area contributed by atoms with Crippen molar-refractivity contribution in [2.24, 2.45) is 11.7 Å². The Bertz CT molecular complexity index is 431. The number of amides is 1. The molecule has 0 aliphatic rings. The van der Waals surface area contributed by atoms with Crippen molar-refractivity contribution in [2.45, 2.75) is 39.9 Å². The molecule has 0 fully saturated rings. The first-order valence-corrected chi connectivity index (χ1v) is 7.18. The number of likely N-dealkylation sites (N-methyl/N-ethyl adjacent to an activating group) is 1. The van der Waals surface area contributed by atoms with Gasteiger partial charge in [-0.15, -0.1) is 0 Å². The minimum Gasteiger partial charge on any atom is -0.352 e. The highest BCUT2D eigenvalue weighted by atomic mass is 16.2. The van der Waals surface area contributed by atoms with Crippen molar-refractivity contribution in [3.63, 3.8) is 0 Å². The van der Waals surface area contributed by atoms with E-state index in [4.69, 9.17) is 5.73 Å². The van der Waals surface area contributed by atoms with E-state index in [1.165, 1.54) is 5.56 Å². The molecule has 0 heterocycles. The van der Waals surface area contributed by atoms with Gasteiger partial charge in [0.25, 0.3) is 0 Å². The molecule has 4 heteroatoms. The lowest BCUT2D eigenvalue weighted by Gasteiger charge is -2.21. The van der Waals surface area contributed by atoms with Crippen molar-refractivity contribution in [2.75, 3.05) is 13.6 Å². The highest BCUT2D eigenvalue weighted by Crippen LogP contribution is 2.10. The lowest BCUT2D eigenvalue weighted by Crippen LogP contribution is -2.41. The average Bonchev–Trinajstić information content (AvgIpc) is 2.38. The zero-order chi connectivity index (χ0) is 15.1. The molecule has 0 saturated carbocycles. The molecule has 0 aliphatic heterocycles. The van der Waals surface area contributed by atoms with Gasteiger partial charge < -0.3 is 11.1 Å². The second-order valence-corrected chi connectivity index (χ2v) is 5.75. The Balaban J connectivity index is 2.51. The molecule has 0 spiro atoms. The number of nitrogens with two attached hydrogens (primary N) is 1. The van der Waals surface area contributed by atoms with E-state index in [0.717, 1.165) is 12.1 Å². The molecule has 4 nitrogen and oxygen atoms in total. The lowest BCUT2D eigenvalue weighted by molar-refractivity contribution is -0.122. The predicted octanol–water partition coefficient (Wildman–Crippen LogP) is 1.74. The van der Waals surface area contributed by atoms with Crippen LogP contribution in [0, 0.1) is 5.92 Å². The van der Waals surface area contributed by atoms with E-state index >= 15 is 0 Å². The van der Waals surface area contributed by atoms with Crippen molar-refractivity contribution in [3.8, 4) is 0 Å². The van der Waals surface area contributed by atoms with E-state index in [-0.39, 0.29) is 11.9 Å². The molecule has 1 aromatic carbocycles. The van der Waals surface area contributed by atoms with Gasteiger partial charge in [-0.2, -0.15) is 0 Å². The normalized spacial score (nSPS) is 12.8. The second kappa shape index (κ2) is 8.02. The molecule has 1 atom stereocenters. The fourth-order valence-electron chi connectivity index (χ4n) is 1.97. The number of benzene rings is 1. The topological polar surface area (TPSA) is 58.4 Å². The molecule has 1 amide bonds. The van der Waals surface area contributed by atoms with Crippen LogP contribution in [0.2, 0.25) is 0 Å². The van der Waals surface area contributed by atoms with E-state index in [1.807, 2.05) is 37.1 Å². The zero-order valence-corrected chi connectivity index (χ0v) is 13.0. The van der Waals surface area contributed by atoms with Crippen LogP contribution in [0.15, 0.2) is 24.3 Å². The van der Waals surface area contributed by atoms with Crippen molar-refractivity contribution < 1.29 is 4.79 Å². The summed E-state index contributed by atoms with van der Waals surface area (Å²) in [5, 5.41) is 3.02. The smallest absolute Gasteiger partial charge is 0.234 e. The summed E-state index contributed by atoms with van der Waals surface area (Å²) in [4.78, 5) is 13.9. The van der Waals surface area contributed by atoms with Crippen LogP contribution in [0.3, 0.4) is 0 Å². The number of nitrogens with zero attached hydrogens (tertiary/aromatic N) is 1. The maximum Gasteiger partial charge on any atom is 0.234 e. The summed E-state index contributed by atoms with van der Waals surface area (Å²) in [6.07, 6.45) is 0. The Morgan fingerprint density at radius 3 is 2.40 bits per heavy atom. The molecule has 0 aliphatic carbocycles. The van der Waals surface area contributed by atoms with Gasteiger partial charge in [0.2, 0.25) is 5.91 Å². The Morgan fingerprint density at radius 1 is 1.25 bits per heavy atom. The third kappa shape index (κ3) is 5.31. The van der Waals surface area contributed by atoms with Crippen LogP contribution in [0.1, 0.15) is 31.9 Å². The Labute approximate surface area is 122 Å². The van der Waals surface area contributed by atoms with Crippen LogP contribution < -0.4 is 11.1 Å². The minimum atomic E-state index is 0.0685. The summed E-state index contributed by atoms with van der Waals surface area (Å²) in [5.41, 5.74) is 8.05. The minimum absolute atomic E-state index is 0.0685. The fourth-order valence-corrected chi connectivity index (χ4v) is 1.97. The highest BCUT2D eigenvalue weighted by molar-refractivity contribution is 5.78. The molecule has 1 aromatic rings. The number of nitrogens with one attached hydrogen (secondary N) is 1. The van der Waals surface area contributed by atoms with Gasteiger partial charge in [-0.25, -0.2) is 0 Å². The molecule has 0 radical (unpaired) electrons. The van der Waals surface area contributed by atoms with Crippen LogP contribution in [0.4, 0.5) is 0 Å². The van der Waals surface area contributed by atoms with Gasteiger partial charge in [0.1, 0.15) is 0 Å². The molecule has 0 saturated heterocycles. The number of hydrogen-bond donors (Lipinski definition) is 2. The zero-order valence-electron chi connectivity index (χ0n) is 13.0. The van der Waals surface area contributed by atoms with Crippen LogP contribution in [0.5, 0.6) is 0 Å². The van der Waals surface area contributed by atoms with Gasteiger partial charge >= 0.3 is 0 Å². The SMILES string of the molecule is CC(C)C(C)NC(=O)CN(C)Cc1ccccc1CN. The van der Waals surface area contributed by atoms with Crippen molar-refractivity contribution in [1.82, 2.24) is 10.2 Å². The van der Waals surface area contributed by atoms with Gasteiger partial charge in [0, 0.05) is 19.1 Å². The number of rotatable bonds is 7. The Morgan fingerprint density at radius 2 is 1.85 bits per heavy atom. The predicted molar refractivity (Wildman–Crippen MR) is 83.1 cm³/mol. The maximum absolute atomic E-state index is 11.9. The quantitative estimate of drug-likeness (QED) is 0.798. The fraction of sp³-hybridized carbons (Fsp3) is 0.562. The number of carbonyl (C=O) groups is 1. The van der Waals surface area contributed by atoms with Crippen LogP contribution in [0.25, 0.3) is 0 Å². The van der Waals surface area contributed by atoms with E-state index in [9.17, 15) is 4.79 Å². The molecule has 1 unspecified atom stereocenters. The van der Waals surface area contributed by atoms with Crippen molar-refractivity contribution in [1.29, 1.82) is 0 Å². The van der Waals surface area contributed by atoms with E-state index in [2.05, 4.69) is 25.2 Å². The first kappa shape index (κ1) is 16.7. The summed E-state index contributed by atoms with van der Waals surface area (Å²) in [5.74, 6) is 0.515. The van der Waals surface area contributed by atoms with Gasteiger partial charge in [-0.3, -0.25) is 9.69 Å². The first-order chi connectivity index (χ1) is 9.43. The molecule has 1 rings (SSSR count). The van der Waals surface area contributed by atoms with Gasteiger partial charge in [-0.1, -0.05) is 38.1 Å². The molecule has 112 valence electrons. The summed E-state index contributed by atoms with van der Waals surface area (Å²) < 4.78 is 0. The molecule has 0 bridgehead atoms. The largest absolute Gasteiger partial charge is 0.352 e. The number of hydrogen-bond acceptors (Lipinski definition) is 3. The summed E-state index contributed by atoms with van der Waals surface area (Å²) in [6, 6.07) is 8.29. The Hall–Kier alpha value is -1.39. The standard InChI is InChI=1S/C16H27N3O/c1-12(2)13(3)18-16(20)11-19(4)10-15-8-6-5-7-14(15)9-17/h5-8,12-13H,9-11,17H2,1-4H3,(H,18,20). The molecule has 3 N–H and O–H groups in total. The Kier molecular flexibility index (Phi) is 6.68. The van der Waals surface area contributed by atoms with Gasteiger partial charge in [0.15, 0.2) is 0 Å². The van der Waals surface area contributed by atoms with Crippen molar-refractivity contribution >= 4 is 5.91 Å². The van der Waals surface area contributed by atoms with Gasteiger partial charge in [-0.05, 0) is 31.0 Å². The van der Waals surface area contributed by atoms with Crippen LogP contribution in [-0.4, -0.2) is 30.4 Å².